The highest BCUT2D eigenvalue weighted by molar-refractivity contribution is 8.15. The molecule has 2 fully saturated rings. The summed E-state index contributed by atoms with van der Waals surface area (Å²) in [5.74, 6) is 0.714. The van der Waals surface area contributed by atoms with Gasteiger partial charge >= 0.3 is 0 Å². The number of carbonyl (C=O) groups is 1. The van der Waals surface area contributed by atoms with Gasteiger partial charge in [-0.1, -0.05) is 60.3 Å². The monoisotopic (exact) mass is 430 g/mol. The van der Waals surface area contributed by atoms with Crippen LogP contribution >= 0.6 is 11.8 Å². The Balaban J connectivity index is 1.60. The molecule has 2 atom stereocenters. The number of fused-ring (bicyclic) bond motifs is 1. The molecule has 6 nitrogen and oxygen atoms in total. The third-order valence-corrected chi connectivity index (χ3v) is 8.37. The number of sulfone groups is 1. The summed E-state index contributed by atoms with van der Waals surface area (Å²) in [5.41, 5.74) is 1.84. The molecule has 0 unspecified atom stereocenters. The standard InChI is InChI=1S/C21H22N2O4S2/c1-27-18-10-6-5-9-16(18)12-23-17-13-29(25,26)14-19(17)28-21(23)22-20(24)11-15-7-3-2-4-8-15/h2-10,17,19H,11-14H2,1H3/t17-,19-/m0/s1. The largest absolute Gasteiger partial charge is 0.496 e. The molecule has 0 radical (unpaired) electrons. The molecular weight excluding hydrogens is 408 g/mol. The maximum Gasteiger partial charge on any atom is 0.252 e. The Hall–Kier alpha value is -2.32. The second-order valence-electron chi connectivity index (χ2n) is 7.19. The number of benzene rings is 2. The molecule has 0 aliphatic carbocycles. The van der Waals surface area contributed by atoms with Gasteiger partial charge < -0.3 is 9.64 Å². The minimum atomic E-state index is -3.08. The van der Waals surface area contributed by atoms with E-state index in [1.807, 2.05) is 59.5 Å². The van der Waals surface area contributed by atoms with Crippen LogP contribution in [-0.2, 0) is 27.6 Å². The number of aliphatic imine (C=N–C) groups is 1. The number of methoxy groups -OCH3 is 1. The van der Waals surface area contributed by atoms with Crippen LogP contribution < -0.4 is 4.74 Å². The number of nitrogens with zero attached hydrogens (tertiary/aromatic N) is 2. The molecule has 2 aromatic rings. The van der Waals surface area contributed by atoms with Gasteiger partial charge in [-0.2, -0.15) is 4.99 Å². The zero-order chi connectivity index (χ0) is 20.4. The lowest BCUT2D eigenvalue weighted by atomic mass is 10.1. The van der Waals surface area contributed by atoms with Gasteiger partial charge in [0, 0.05) is 17.4 Å². The fourth-order valence-electron chi connectivity index (χ4n) is 3.75. The second-order valence-corrected chi connectivity index (χ2v) is 10.6. The van der Waals surface area contributed by atoms with Gasteiger partial charge in [-0.25, -0.2) is 8.42 Å². The number of hydrogen-bond donors (Lipinski definition) is 0. The summed E-state index contributed by atoms with van der Waals surface area (Å²) in [6, 6.07) is 16.9. The van der Waals surface area contributed by atoms with E-state index in [1.165, 1.54) is 11.8 Å². The predicted octanol–water partition coefficient (Wildman–Crippen LogP) is 2.53. The average molecular weight is 431 g/mol. The van der Waals surface area contributed by atoms with E-state index < -0.39 is 9.84 Å². The molecule has 0 aromatic heterocycles. The highest BCUT2D eigenvalue weighted by Crippen LogP contribution is 2.39. The van der Waals surface area contributed by atoms with E-state index >= 15 is 0 Å². The number of rotatable bonds is 5. The Bertz CT molecular complexity index is 1040. The third-order valence-electron chi connectivity index (χ3n) is 5.13. The number of amidine groups is 1. The second kappa shape index (κ2) is 8.20. The zero-order valence-corrected chi connectivity index (χ0v) is 17.7. The molecule has 2 saturated heterocycles. The summed E-state index contributed by atoms with van der Waals surface area (Å²) in [5, 5.41) is 0.500. The van der Waals surface area contributed by atoms with Crippen molar-refractivity contribution in [2.45, 2.75) is 24.3 Å². The SMILES string of the molecule is COc1ccccc1CN1C(=NC(=O)Cc2ccccc2)S[C@H]2CS(=O)(=O)C[C@@H]21. The first-order valence-electron chi connectivity index (χ1n) is 9.36. The molecule has 152 valence electrons. The molecule has 29 heavy (non-hydrogen) atoms. The number of carbonyl (C=O) groups excluding carboxylic acids is 1. The molecule has 2 aliphatic rings. The number of amides is 1. The van der Waals surface area contributed by atoms with Crippen LogP contribution in [0.25, 0.3) is 0 Å². The molecule has 0 N–H and O–H groups in total. The molecule has 2 heterocycles. The van der Waals surface area contributed by atoms with Gasteiger partial charge in [-0.15, -0.1) is 0 Å². The Morgan fingerprint density at radius 2 is 1.86 bits per heavy atom. The normalized spacial score (nSPS) is 23.9. The summed E-state index contributed by atoms with van der Waals surface area (Å²) in [6.45, 7) is 0.450. The van der Waals surface area contributed by atoms with Gasteiger partial charge in [0.2, 0.25) is 0 Å². The molecule has 1 amide bonds. The first-order chi connectivity index (χ1) is 13.9. The third kappa shape index (κ3) is 4.48. The maximum absolute atomic E-state index is 12.6. The Morgan fingerprint density at radius 3 is 2.62 bits per heavy atom. The zero-order valence-electron chi connectivity index (χ0n) is 16.0. The summed E-state index contributed by atoms with van der Waals surface area (Å²) < 4.78 is 29.8. The van der Waals surface area contributed by atoms with Crippen LogP contribution in [0.1, 0.15) is 11.1 Å². The number of thioether (sulfide) groups is 1. The molecule has 0 spiro atoms. The van der Waals surface area contributed by atoms with Crippen molar-refractivity contribution in [3.63, 3.8) is 0 Å². The lowest BCUT2D eigenvalue weighted by molar-refractivity contribution is -0.117. The molecule has 0 bridgehead atoms. The van der Waals surface area contributed by atoms with E-state index in [0.29, 0.717) is 11.7 Å². The van der Waals surface area contributed by atoms with Gasteiger partial charge in [0.15, 0.2) is 15.0 Å². The van der Waals surface area contributed by atoms with Crippen molar-refractivity contribution in [3.05, 3.63) is 65.7 Å². The average Bonchev–Trinajstić information content (AvgIpc) is 3.15. The van der Waals surface area contributed by atoms with E-state index in [-0.39, 0.29) is 35.1 Å². The predicted molar refractivity (Wildman–Crippen MR) is 115 cm³/mol. The Morgan fingerprint density at radius 1 is 1.14 bits per heavy atom. The highest BCUT2D eigenvalue weighted by Gasteiger charge is 2.48. The smallest absolute Gasteiger partial charge is 0.252 e. The molecule has 2 aliphatic heterocycles. The van der Waals surface area contributed by atoms with Gasteiger partial charge in [0.05, 0.1) is 31.1 Å². The first-order valence-corrected chi connectivity index (χ1v) is 12.1. The van der Waals surface area contributed by atoms with Crippen molar-refractivity contribution in [2.24, 2.45) is 4.99 Å². The van der Waals surface area contributed by atoms with Crippen molar-refractivity contribution in [2.75, 3.05) is 18.6 Å². The van der Waals surface area contributed by atoms with Gasteiger partial charge in [-0.3, -0.25) is 4.79 Å². The lowest BCUT2D eigenvalue weighted by Crippen LogP contribution is -2.37. The summed E-state index contributed by atoms with van der Waals surface area (Å²) in [7, 11) is -1.47. The fraction of sp³-hybridized carbons (Fsp3) is 0.333. The number of para-hydroxylation sites is 1. The van der Waals surface area contributed by atoms with Crippen molar-refractivity contribution < 1.29 is 17.9 Å². The minimum absolute atomic E-state index is 0.0890. The molecule has 0 saturated carbocycles. The van der Waals surface area contributed by atoms with Crippen LogP contribution in [0, 0.1) is 0 Å². The van der Waals surface area contributed by atoms with Crippen LogP contribution in [0.3, 0.4) is 0 Å². The number of hydrogen-bond acceptors (Lipinski definition) is 5. The van der Waals surface area contributed by atoms with Crippen LogP contribution in [-0.4, -0.2) is 54.3 Å². The van der Waals surface area contributed by atoms with Crippen LogP contribution in [0.5, 0.6) is 5.75 Å². The van der Waals surface area contributed by atoms with Crippen molar-refractivity contribution in [3.8, 4) is 5.75 Å². The summed E-state index contributed by atoms with van der Waals surface area (Å²) >= 11 is 1.40. The van der Waals surface area contributed by atoms with Gasteiger partial charge in [-0.05, 0) is 11.6 Å². The van der Waals surface area contributed by atoms with E-state index in [0.717, 1.165) is 16.9 Å². The van der Waals surface area contributed by atoms with Crippen molar-refractivity contribution >= 4 is 32.7 Å². The fourth-order valence-corrected chi connectivity index (χ4v) is 7.72. The molecule has 4 rings (SSSR count). The van der Waals surface area contributed by atoms with E-state index in [4.69, 9.17) is 4.74 Å². The van der Waals surface area contributed by atoms with Crippen molar-refractivity contribution in [1.82, 2.24) is 4.90 Å². The van der Waals surface area contributed by atoms with E-state index in [1.54, 1.807) is 7.11 Å². The topological polar surface area (TPSA) is 76.0 Å². The van der Waals surface area contributed by atoms with Crippen LogP contribution in [0.4, 0.5) is 0 Å². The van der Waals surface area contributed by atoms with Gasteiger partial charge in [0.1, 0.15) is 5.75 Å². The van der Waals surface area contributed by atoms with Crippen molar-refractivity contribution in [1.29, 1.82) is 0 Å². The van der Waals surface area contributed by atoms with Gasteiger partial charge in [0.25, 0.3) is 5.91 Å². The van der Waals surface area contributed by atoms with Crippen LogP contribution in [0.15, 0.2) is 59.6 Å². The summed E-state index contributed by atoms with van der Waals surface area (Å²) in [4.78, 5) is 18.9. The molecular formula is C21H22N2O4S2. The quantitative estimate of drug-likeness (QED) is 0.726. The lowest BCUT2D eigenvalue weighted by Gasteiger charge is -2.25. The first kappa shape index (κ1) is 20.0. The minimum Gasteiger partial charge on any atom is -0.496 e. The van der Waals surface area contributed by atoms with Crippen LogP contribution in [0.2, 0.25) is 0 Å². The van der Waals surface area contributed by atoms with E-state index in [2.05, 4.69) is 4.99 Å². The van der Waals surface area contributed by atoms with E-state index in [9.17, 15) is 13.2 Å². The summed E-state index contributed by atoms with van der Waals surface area (Å²) in [6.07, 6.45) is 0.223. The molecule has 2 aromatic carbocycles. The highest BCUT2D eigenvalue weighted by atomic mass is 32.2. The Kier molecular flexibility index (Phi) is 5.65. The Labute approximate surface area is 174 Å². The molecule has 8 heteroatoms. The maximum atomic E-state index is 12.6. The number of ether oxygens (including phenoxy) is 1.